The van der Waals surface area contributed by atoms with E-state index in [-0.39, 0.29) is 0 Å². The molecule has 2 nitrogen and oxygen atoms in total. The van der Waals surface area contributed by atoms with Gasteiger partial charge in [0, 0.05) is 27.0 Å². The zero-order valence-corrected chi connectivity index (χ0v) is 13.0. The van der Waals surface area contributed by atoms with E-state index in [0.717, 1.165) is 27.2 Å². The van der Waals surface area contributed by atoms with Gasteiger partial charge in [-0.2, -0.15) is 0 Å². The summed E-state index contributed by atoms with van der Waals surface area (Å²) in [6.07, 6.45) is 0. The fraction of sp³-hybridized carbons (Fsp3) is 0.154. The highest BCUT2D eigenvalue weighted by atomic mass is 79.9. The molecule has 0 amide bonds. The van der Waals surface area contributed by atoms with Crippen molar-refractivity contribution in [2.45, 2.75) is 13.5 Å². The molecular formula is C13H11BrN2S2. The Morgan fingerprint density at radius 2 is 2.22 bits per heavy atom. The SMILES string of the molecule is Cc1nc2ccc(NCc3cc(Br)cs3)cc2s1. The molecule has 0 fully saturated rings. The van der Waals surface area contributed by atoms with Crippen molar-refractivity contribution < 1.29 is 0 Å². The van der Waals surface area contributed by atoms with E-state index in [2.05, 4.69) is 55.9 Å². The van der Waals surface area contributed by atoms with Crippen molar-refractivity contribution in [3.05, 3.63) is 44.0 Å². The first-order chi connectivity index (χ1) is 8.70. The molecule has 1 aromatic carbocycles. The molecule has 2 aromatic heterocycles. The number of hydrogen-bond donors (Lipinski definition) is 1. The zero-order chi connectivity index (χ0) is 12.5. The van der Waals surface area contributed by atoms with E-state index in [1.807, 2.05) is 6.92 Å². The van der Waals surface area contributed by atoms with Crippen molar-refractivity contribution in [2.24, 2.45) is 0 Å². The van der Waals surface area contributed by atoms with Gasteiger partial charge in [-0.05, 0) is 47.1 Å². The summed E-state index contributed by atoms with van der Waals surface area (Å²) in [5.41, 5.74) is 2.23. The number of nitrogens with one attached hydrogen (secondary N) is 1. The van der Waals surface area contributed by atoms with Crippen molar-refractivity contribution >= 4 is 54.5 Å². The van der Waals surface area contributed by atoms with Crippen molar-refractivity contribution in [1.29, 1.82) is 0 Å². The van der Waals surface area contributed by atoms with Gasteiger partial charge in [-0.25, -0.2) is 4.98 Å². The first-order valence-electron chi connectivity index (χ1n) is 5.55. The predicted octanol–water partition coefficient (Wildman–Crippen LogP) is 5.04. The van der Waals surface area contributed by atoms with Crippen LogP contribution >= 0.6 is 38.6 Å². The number of nitrogens with zero attached hydrogens (tertiary/aromatic N) is 1. The van der Waals surface area contributed by atoms with Crippen LogP contribution in [0.2, 0.25) is 0 Å². The van der Waals surface area contributed by atoms with Crippen LogP contribution in [0.4, 0.5) is 5.69 Å². The maximum atomic E-state index is 4.46. The monoisotopic (exact) mass is 338 g/mol. The van der Waals surface area contributed by atoms with Crippen molar-refractivity contribution in [2.75, 3.05) is 5.32 Å². The number of fused-ring (bicyclic) bond motifs is 1. The number of halogens is 1. The van der Waals surface area contributed by atoms with Gasteiger partial charge < -0.3 is 5.32 Å². The minimum absolute atomic E-state index is 0.861. The number of thiazole rings is 1. The Kier molecular flexibility index (Phi) is 3.37. The molecule has 92 valence electrons. The molecule has 18 heavy (non-hydrogen) atoms. The molecule has 2 heterocycles. The lowest BCUT2D eigenvalue weighted by Crippen LogP contribution is -1.96. The number of rotatable bonds is 3. The molecule has 0 spiro atoms. The van der Waals surface area contributed by atoms with Crippen molar-refractivity contribution in [3.8, 4) is 0 Å². The van der Waals surface area contributed by atoms with Crippen molar-refractivity contribution in [1.82, 2.24) is 4.98 Å². The van der Waals surface area contributed by atoms with Crippen LogP contribution in [0.3, 0.4) is 0 Å². The molecule has 0 atom stereocenters. The van der Waals surface area contributed by atoms with Crippen LogP contribution in [-0.4, -0.2) is 4.98 Å². The predicted molar refractivity (Wildman–Crippen MR) is 83.7 cm³/mol. The minimum Gasteiger partial charge on any atom is -0.380 e. The molecule has 0 unspecified atom stereocenters. The second kappa shape index (κ2) is 4.99. The second-order valence-corrected chi connectivity index (χ2v) is 7.15. The van der Waals surface area contributed by atoms with Crippen LogP contribution in [0.1, 0.15) is 9.88 Å². The molecular weight excluding hydrogens is 328 g/mol. The van der Waals surface area contributed by atoms with Gasteiger partial charge in [0.2, 0.25) is 0 Å². The standard InChI is InChI=1S/C13H11BrN2S2/c1-8-16-12-3-2-10(5-13(12)18-8)15-6-11-4-9(14)7-17-11/h2-5,7,15H,6H2,1H3. The third-order valence-electron chi connectivity index (χ3n) is 2.58. The fourth-order valence-corrected chi connectivity index (χ4v) is 4.04. The lowest BCUT2D eigenvalue weighted by atomic mass is 10.3. The number of hydrogen-bond acceptors (Lipinski definition) is 4. The number of benzene rings is 1. The van der Waals surface area contributed by atoms with E-state index in [0.29, 0.717) is 0 Å². The number of anilines is 1. The van der Waals surface area contributed by atoms with Gasteiger partial charge in [-0.15, -0.1) is 22.7 Å². The van der Waals surface area contributed by atoms with E-state index < -0.39 is 0 Å². The molecule has 0 radical (unpaired) electrons. The highest BCUT2D eigenvalue weighted by Crippen LogP contribution is 2.26. The van der Waals surface area contributed by atoms with E-state index in [4.69, 9.17) is 0 Å². The van der Waals surface area contributed by atoms with Crippen LogP contribution in [0.5, 0.6) is 0 Å². The first-order valence-corrected chi connectivity index (χ1v) is 8.03. The van der Waals surface area contributed by atoms with Gasteiger partial charge >= 0.3 is 0 Å². The Morgan fingerprint density at radius 1 is 1.33 bits per heavy atom. The minimum atomic E-state index is 0.861. The molecule has 0 aliphatic carbocycles. The molecule has 0 bridgehead atoms. The third-order valence-corrected chi connectivity index (χ3v) is 5.22. The molecule has 3 aromatic rings. The van der Waals surface area contributed by atoms with Crippen LogP contribution in [-0.2, 0) is 6.54 Å². The van der Waals surface area contributed by atoms with Crippen molar-refractivity contribution in [3.63, 3.8) is 0 Å². The summed E-state index contributed by atoms with van der Waals surface area (Å²) in [7, 11) is 0. The van der Waals surface area contributed by atoms with Crippen LogP contribution in [0, 0.1) is 6.92 Å². The summed E-state index contributed by atoms with van der Waals surface area (Å²) in [5, 5.41) is 6.66. The van der Waals surface area contributed by atoms with Gasteiger partial charge in [0.1, 0.15) is 0 Å². The maximum Gasteiger partial charge on any atom is 0.0907 e. The molecule has 3 rings (SSSR count). The van der Waals surface area contributed by atoms with E-state index in [9.17, 15) is 0 Å². The van der Waals surface area contributed by atoms with Crippen LogP contribution in [0.15, 0.2) is 34.1 Å². The Bertz CT molecular complexity index is 687. The van der Waals surface area contributed by atoms with Crippen LogP contribution in [0.25, 0.3) is 10.2 Å². The normalized spacial score (nSPS) is 11.0. The lowest BCUT2D eigenvalue weighted by Gasteiger charge is -2.04. The van der Waals surface area contributed by atoms with E-state index in [1.54, 1.807) is 22.7 Å². The average molecular weight is 339 g/mol. The number of aromatic nitrogens is 1. The summed E-state index contributed by atoms with van der Waals surface area (Å²) in [6, 6.07) is 8.48. The summed E-state index contributed by atoms with van der Waals surface area (Å²) in [5.74, 6) is 0. The molecule has 5 heteroatoms. The Balaban J connectivity index is 1.78. The fourth-order valence-electron chi connectivity index (χ4n) is 1.79. The molecule has 1 N–H and O–H groups in total. The Hall–Kier alpha value is -0.910. The quantitative estimate of drug-likeness (QED) is 0.723. The van der Waals surface area contributed by atoms with Gasteiger partial charge in [-0.3, -0.25) is 0 Å². The summed E-state index contributed by atoms with van der Waals surface area (Å²) in [4.78, 5) is 5.78. The number of thiophene rings is 1. The maximum absolute atomic E-state index is 4.46. The summed E-state index contributed by atoms with van der Waals surface area (Å²) < 4.78 is 2.39. The topological polar surface area (TPSA) is 24.9 Å². The Morgan fingerprint density at radius 3 is 3.00 bits per heavy atom. The molecule has 0 saturated carbocycles. The molecule has 0 aliphatic heterocycles. The summed E-state index contributed by atoms with van der Waals surface area (Å²) in [6.45, 7) is 2.90. The first kappa shape index (κ1) is 12.1. The van der Waals surface area contributed by atoms with Gasteiger partial charge in [-0.1, -0.05) is 0 Å². The molecule has 0 aliphatic rings. The largest absolute Gasteiger partial charge is 0.380 e. The summed E-state index contributed by atoms with van der Waals surface area (Å²) >= 11 is 6.96. The highest BCUT2D eigenvalue weighted by molar-refractivity contribution is 9.10. The van der Waals surface area contributed by atoms with Gasteiger partial charge in [0.15, 0.2) is 0 Å². The molecule has 0 saturated heterocycles. The van der Waals surface area contributed by atoms with E-state index in [1.165, 1.54) is 9.58 Å². The smallest absolute Gasteiger partial charge is 0.0907 e. The van der Waals surface area contributed by atoms with Gasteiger partial charge in [0.25, 0.3) is 0 Å². The van der Waals surface area contributed by atoms with E-state index >= 15 is 0 Å². The third kappa shape index (κ3) is 2.58. The average Bonchev–Trinajstić information content (AvgIpc) is 2.90. The second-order valence-electron chi connectivity index (χ2n) is 4.00. The number of aryl methyl sites for hydroxylation is 1. The van der Waals surface area contributed by atoms with Crippen LogP contribution < -0.4 is 5.32 Å². The Labute approximate surface area is 122 Å². The zero-order valence-electron chi connectivity index (χ0n) is 9.74. The lowest BCUT2D eigenvalue weighted by molar-refractivity contribution is 1.19. The van der Waals surface area contributed by atoms with Gasteiger partial charge in [0.05, 0.1) is 15.2 Å². The highest BCUT2D eigenvalue weighted by Gasteiger charge is 2.02.